The molecule has 146 valence electrons. The summed E-state index contributed by atoms with van der Waals surface area (Å²) in [5.41, 5.74) is -0.186. The predicted molar refractivity (Wildman–Crippen MR) is 93.0 cm³/mol. The van der Waals surface area contributed by atoms with Crippen LogP contribution < -0.4 is 10.1 Å². The van der Waals surface area contributed by atoms with Crippen LogP contribution in [0.5, 0.6) is 5.75 Å². The third-order valence-corrected chi connectivity index (χ3v) is 4.85. The summed E-state index contributed by atoms with van der Waals surface area (Å²) in [5.74, 6) is -0.586. The molecule has 1 N–H and O–H groups in total. The van der Waals surface area contributed by atoms with Crippen LogP contribution in [0.15, 0.2) is 53.4 Å². The Morgan fingerprint density at radius 1 is 1.15 bits per heavy atom. The highest BCUT2D eigenvalue weighted by atomic mass is 32.2. The second kappa shape index (κ2) is 7.99. The molecule has 0 aromatic heterocycles. The van der Waals surface area contributed by atoms with E-state index in [0.717, 1.165) is 18.4 Å². The van der Waals surface area contributed by atoms with Crippen LogP contribution in [0.25, 0.3) is 0 Å². The van der Waals surface area contributed by atoms with E-state index in [-0.39, 0.29) is 10.6 Å². The van der Waals surface area contributed by atoms with Gasteiger partial charge in [0.25, 0.3) is 5.91 Å². The van der Waals surface area contributed by atoms with Gasteiger partial charge in [-0.3, -0.25) is 4.79 Å². The molecule has 0 unspecified atom stereocenters. The Morgan fingerprint density at radius 2 is 1.78 bits per heavy atom. The average molecular weight is 401 g/mol. The van der Waals surface area contributed by atoms with Crippen LogP contribution >= 0.6 is 0 Å². The summed E-state index contributed by atoms with van der Waals surface area (Å²) in [6.07, 6.45) is -3.40. The standard InChI is InChI=1S/C18H18F3NO4S/c1-12(13-6-8-16(9-7-13)27(2,24)25)22-17(23)11-26-15-5-3-4-14(10-15)18(19,20)21/h3-10,12H,11H2,1-2H3,(H,22,23)/t12-/m0/s1. The Balaban J connectivity index is 1.94. The number of halogens is 3. The Morgan fingerprint density at radius 3 is 2.33 bits per heavy atom. The van der Waals surface area contributed by atoms with Crippen LogP contribution in [0, 0.1) is 0 Å². The van der Waals surface area contributed by atoms with Crippen molar-refractivity contribution in [2.45, 2.75) is 24.0 Å². The molecule has 0 saturated heterocycles. The van der Waals surface area contributed by atoms with E-state index in [1.165, 1.54) is 24.3 Å². The Hall–Kier alpha value is -2.55. The van der Waals surface area contributed by atoms with Crippen molar-refractivity contribution in [3.05, 3.63) is 59.7 Å². The van der Waals surface area contributed by atoms with E-state index in [2.05, 4.69) is 5.32 Å². The minimum absolute atomic E-state index is 0.0647. The first-order valence-electron chi connectivity index (χ1n) is 7.86. The molecule has 2 rings (SSSR count). The number of carbonyl (C=O) groups is 1. The zero-order valence-corrected chi connectivity index (χ0v) is 15.4. The van der Waals surface area contributed by atoms with Crippen molar-refractivity contribution in [2.75, 3.05) is 12.9 Å². The molecule has 0 aliphatic heterocycles. The number of ether oxygens (including phenoxy) is 1. The molecule has 0 bridgehead atoms. The molecule has 0 radical (unpaired) electrons. The van der Waals surface area contributed by atoms with Gasteiger partial charge in [0, 0.05) is 6.26 Å². The summed E-state index contributed by atoms with van der Waals surface area (Å²) in [5, 5.41) is 2.63. The molecule has 5 nitrogen and oxygen atoms in total. The van der Waals surface area contributed by atoms with Crippen molar-refractivity contribution >= 4 is 15.7 Å². The monoisotopic (exact) mass is 401 g/mol. The number of hydrogen-bond donors (Lipinski definition) is 1. The number of hydrogen-bond acceptors (Lipinski definition) is 4. The van der Waals surface area contributed by atoms with Gasteiger partial charge in [-0.25, -0.2) is 8.42 Å². The molecule has 0 saturated carbocycles. The van der Waals surface area contributed by atoms with Crippen LogP contribution in [0.3, 0.4) is 0 Å². The van der Waals surface area contributed by atoms with Crippen LogP contribution in [-0.4, -0.2) is 27.2 Å². The maximum absolute atomic E-state index is 12.7. The van der Waals surface area contributed by atoms with E-state index >= 15 is 0 Å². The molecule has 0 spiro atoms. The molecule has 2 aromatic rings. The lowest BCUT2D eigenvalue weighted by molar-refractivity contribution is -0.137. The molecule has 0 aliphatic carbocycles. The van der Waals surface area contributed by atoms with Crippen molar-refractivity contribution in [2.24, 2.45) is 0 Å². The minimum Gasteiger partial charge on any atom is -0.484 e. The number of benzene rings is 2. The second-order valence-corrected chi connectivity index (χ2v) is 7.96. The fraction of sp³-hybridized carbons (Fsp3) is 0.278. The van der Waals surface area contributed by atoms with Gasteiger partial charge in [-0.05, 0) is 42.8 Å². The lowest BCUT2D eigenvalue weighted by atomic mass is 10.1. The summed E-state index contributed by atoms with van der Waals surface area (Å²) < 4.78 is 66.0. The normalized spacial score (nSPS) is 13.1. The summed E-state index contributed by atoms with van der Waals surface area (Å²) in [6, 6.07) is 9.85. The highest BCUT2D eigenvalue weighted by Crippen LogP contribution is 2.31. The molecule has 0 aliphatic rings. The first-order chi connectivity index (χ1) is 12.5. The van der Waals surface area contributed by atoms with Gasteiger partial charge < -0.3 is 10.1 Å². The van der Waals surface area contributed by atoms with Gasteiger partial charge in [0.05, 0.1) is 16.5 Å². The fourth-order valence-corrected chi connectivity index (χ4v) is 2.91. The van der Waals surface area contributed by atoms with Crippen molar-refractivity contribution in [3.63, 3.8) is 0 Å². The molecule has 27 heavy (non-hydrogen) atoms. The molecule has 9 heteroatoms. The average Bonchev–Trinajstić information content (AvgIpc) is 2.59. The van der Waals surface area contributed by atoms with E-state index in [0.29, 0.717) is 5.56 Å². The third kappa shape index (κ3) is 5.99. The molecular formula is C18H18F3NO4S. The van der Waals surface area contributed by atoms with Gasteiger partial charge in [0.2, 0.25) is 0 Å². The first-order valence-corrected chi connectivity index (χ1v) is 9.75. The molecule has 1 amide bonds. The largest absolute Gasteiger partial charge is 0.484 e. The van der Waals surface area contributed by atoms with E-state index in [1.807, 2.05) is 0 Å². The number of carbonyl (C=O) groups excluding carboxylic acids is 1. The van der Waals surface area contributed by atoms with Gasteiger partial charge in [0.1, 0.15) is 5.75 Å². The van der Waals surface area contributed by atoms with E-state index < -0.39 is 40.1 Å². The van der Waals surface area contributed by atoms with Gasteiger partial charge >= 0.3 is 6.18 Å². The highest BCUT2D eigenvalue weighted by Gasteiger charge is 2.30. The zero-order valence-electron chi connectivity index (χ0n) is 14.6. The van der Waals surface area contributed by atoms with E-state index in [1.54, 1.807) is 19.1 Å². The number of rotatable bonds is 6. The van der Waals surface area contributed by atoms with Gasteiger partial charge in [-0.2, -0.15) is 13.2 Å². The van der Waals surface area contributed by atoms with Crippen LogP contribution in [0.1, 0.15) is 24.1 Å². The second-order valence-electron chi connectivity index (χ2n) is 5.94. The first kappa shape index (κ1) is 20.8. The predicted octanol–water partition coefficient (Wildman–Crippen LogP) is 3.37. The number of amides is 1. The summed E-state index contributed by atoms with van der Waals surface area (Å²) >= 11 is 0. The Bertz CT molecular complexity index is 909. The quantitative estimate of drug-likeness (QED) is 0.806. The molecule has 0 fully saturated rings. The lowest BCUT2D eigenvalue weighted by Crippen LogP contribution is -2.31. The Kier molecular flexibility index (Phi) is 6.15. The Labute approximate surface area is 155 Å². The van der Waals surface area contributed by atoms with Crippen molar-refractivity contribution in [1.29, 1.82) is 0 Å². The molecule has 0 heterocycles. The zero-order chi connectivity index (χ0) is 20.2. The molecular weight excluding hydrogens is 383 g/mol. The van der Waals surface area contributed by atoms with Crippen LogP contribution in [0.4, 0.5) is 13.2 Å². The van der Waals surface area contributed by atoms with E-state index in [4.69, 9.17) is 4.74 Å². The number of sulfone groups is 1. The van der Waals surface area contributed by atoms with Crippen molar-refractivity contribution in [3.8, 4) is 5.75 Å². The summed E-state index contributed by atoms with van der Waals surface area (Å²) in [6.45, 7) is 1.24. The SMILES string of the molecule is C[C@H](NC(=O)COc1cccc(C(F)(F)F)c1)c1ccc(S(C)(=O)=O)cc1. The smallest absolute Gasteiger partial charge is 0.416 e. The summed E-state index contributed by atoms with van der Waals surface area (Å²) in [7, 11) is -3.31. The maximum atomic E-state index is 12.7. The van der Waals surface area contributed by atoms with Gasteiger partial charge in [0.15, 0.2) is 16.4 Å². The van der Waals surface area contributed by atoms with Crippen molar-refractivity contribution < 1.29 is 31.1 Å². The topological polar surface area (TPSA) is 72.5 Å². The molecule has 1 atom stereocenters. The van der Waals surface area contributed by atoms with E-state index in [9.17, 15) is 26.4 Å². The van der Waals surface area contributed by atoms with Crippen LogP contribution in [0.2, 0.25) is 0 Å². The van der Waals surface area contributed by atoms with Crippen molar-refractivity contribution in [1.82, 2.24) is 5.32 Å². The van der Waals surface area contributed by atoms with Crippen LogP contribution in [-0.2, 0) is 20.8 Å². The number of nitrogens with one attached hydrogen (secondary N) is 1. The maximum Gasteiger partial charge on any atom is 0.416 e. The number of alkyl halides is 3. The van der Waals surface area contributed by atoms with Gasteiger partial charge in [-0.15, -0.1) is 0 Å². The fourth-order valence-electron chi connectivity index (χ4n) is 2.28. The minimum atomic E-state index is -4.49. The molecule has 2 aromatic carbocycles. The summed E-state index contributed by atoms with van der Waals surface area (Å²) in [4.78, 5) is 12.1. The van der Waals surface area contributed by atoms with Gasteiger partial charge in [-0.1, -0.05) is 18.2 Å². The lowest BCUT2D eigenvalue weighted by Gasteiger charge is -2.15. The highest BCUT2D eigenvalue weighted by molar-refractivity contribution is 7.90. The third-order valence-electron chi connectivity index (χ3n) is 3.72.